The van der Waals surface area contributed by atoms with Gasteiger partial charge in [0, 0.05) is 12.5 Å². The Morgan fingerprint density at radius 3 is 3.14 bits per heavy atom. The van der Waals surface area contributed by atoms with Crippen LogP contribution in [0.4, 0.5) is 0 Å². The van der Waals surface area contributed by atoms with Crippen molar-refractivity contribution in [2.45, 2.75) is 38.3 Å². The maximum absolute atomic E-state index is 5.46. The molecule has 0 saturated carbocycles. The first kappa shape index (κ1) is 9.68. The summed E-state index contributed by atoms with van der Waals surface area (Å²) >= 11 is 0. The van der Waals surface area contributed by atoms with Gasteiger partial charge in [-0.25, -0.2) is 4.98 Å². The van der Waals surface area contributed by atoms with Crippen molar-refractivity contribution in [1.82, 2.24) is 10.3 Å². The van der Waals surface area contributed by atoms with Gasteiger partial charge in [0.25, 0.3) is 0 Å². The Balaban J connectivity index is 1.89. The zero-order valence-corrected chi connectivity index (χ0v) is 8.33. The maximum atomic E-state index is 5.46. The van der Waals surface area contributed by atoms with Crippen molar-refractivity contribution in [2.24, 2.45) is 5.73 Å². The molecule has 78 valence electrons. The van der Waals surface area contributed by atoms with E-state index in [0.717, 1.165) is 24.6 Å². The van der Waals surface area contributed by atoms with Crippen molar-refractivity contribution in [1.29, 1.82) is 0 Å². The molecule has 0 amide bonds. The summed E-state index contributed by atoms with van der Waals surface area (Å²) in [6.07, 6.45) is 6.43. The molecule has 0 bridgehead atoms. The van der Waals surface area contributed by atoms with Crippen LogP contribution in [0.2, 0.25) is 0 Å². The van der Waals surface area contributed by atoms with Crippen LogP contribution in [0.1, 0.15) is 30.9 Å². The molecule has 0 aromatic carbocycles. The van der Waals surface area contributed by atoms with Crippen LogP contribution in [0.5, 0.6) is 0 Å². The Kier molecular flexibility index (Phi) is 3.16. The molecule has 1 aliphatic heterocycles. The number of aromatic nitrogens is 1. The average Bonchev–Trinajstić information content (AvgIpc) is 2.67. The Morgan fingerprint density at radius 2 is 2.50 bits per heavy atom. The van der Waals surface area contributed by atoms with Gasteiger partial charge in [-0.15, -0.1) is 0 Å². The zero-order chi connectivity index (χ0) is 9.80. The second-order valence-corrected chi connectivity index (χ2v) is 3.78. The summed E-state index contributed by atoms with van der Waals surface area (Å²) < 4.78 is 5.46. The van der Waals surface area contributed by atoms with E-state index in [-0.39, 0.29) is 0 Å². The molecule has 2 rings (SSSR count). The second-order valence-electron chi connectivity index (χ2n) is 3.78. The minimum absolute atomic E-state index is 0.436. The SMILES string of the molecule is NCc1cnc(CC2CCCCN2)o1. The van der Waals surface area contributed by atoms with Gasteiger partial charge in [0.15, 0.2) is 5.89 Å². The predicted molar refractivity (Wildman–Crippen MR) is 53.7 cm³/mol. The summed E-state index contributed by atoms with van der Waals surface area (Å²) in [7, 11) is 0. The Bertz CT molecular complexity index is 279. The van der Waals surface area contributed by atoms with Crippen molar-refractivity contribution in [3.8, 4) is 0 Å². The first-order valence-corrected chi connectivity index (χ1v) is 5.25. The predicted octanol–water partition coefficient (Wildman–Crippen LogP) is 0.818. The van der Waals surface area contributed by atoms with Crippen LogP contribution in [-0.4, -0.2) is 17.6 Å². The highest BCUT2D eigenvalue weighted by molar-refractivity contribution is 4.95. The molecule has 1 aromatic rings. The molecule has 1 saturated heterocycles. The van der Waals surface area contributed by atoms with Gasteiger partial charge < -0.3 is 15.5 Å². The van der Waals surface area contributed by atoms with Crippen LogP contribution in [0, 0.1) is 0 Å². The topological polar surface area (TPSA) is 64.1 Å². The van der Waals surface area contributed by atoms with Gasteiger partial charge in [-0.2, -0.15) is 0 Å². The average molecular weight is 195 g/mol. The number of hydrogen-bond acceptors (Lipinski definition) is 4. The summed E-state index contributed by atoms with van der Waals surface area (Å²) in [5.41, 5.74) is 5.45. The van der Waals surface area contributed by atoms with Crippen LogP contribution in [0.25, 0.3) is 0 Å². The normalized spacial score (nSPS) is 22.5. The Labute approximate surface area is 83.9 Å². The van der Waals surface area contributed by atoms with Crippen LogP contribution in [0.3, 0.4) is 0 Å². The molecule has 3 N–H and O–H groups in total. The number of rotatable bonds is 3. The van der Waals surface area contributed by atoms with Crippen molar-refractivity contribution >= 4 is 0 Å². The van der Waals surface area contributed by atoms with Gasteiger partial charge in [0.05, 0.1) is 12.7 Å². The van der Waals surface area contributed by atoms with Crippen LogP contribution < -0.4 is 11.1 Å². The van der Waals surface area contributed by atoms with E-state index in [1.165, 1.54) is 19.3 Å². The second kappa shape index (κ2) is 4.57. The van der Waals surface area contributed by atoms with Gasteiger partial charge in [-0.05, 0) is 19.4 Å². The van der Waals surface area contributed by atoms with Crippen molar-refractivity contribution < 1.29 is 4.42 Å². The molecule has 14 heavy (non-hydrogen) atoms. The molecule has 0 radical (unpaired) electrons. The molecule has 1 aliphatic rings. The molecular weight excluding hydrogens is 178 g/mol. The Hall–Kier alpha value is -0.870. The number of nitrogens with one attached hydrogen (secondary N) is 1. The molecular formula is C10H17N3O. The third-order valence-electron chi connectivity index (χ3n) is 2.64. The Morgan fingerprint density at radius 1 is 1.57 bits per heavy atom. The molecule has 0 spiro atoms. The quantitative estimate of drug-likeness (QED) is 0.749. The zero-order valence-electron chi connectivity index (χ0n) is 8.33. The summed E-state index contributed by atoms with van der Waals surface area (Å²) in [6, 6.07) is 0.535. The highest BCUT2D eigenvalue weighted by Gasteiger charge is 2.15. The molecule has 1 unspecified atom stereocenters. The van der Waals surface area contributed by atoms with Crippen molar-refractivity contribution in [2.75, 3.05) is 6.54 Å². The first-order valence-electron chi connectivity index (χ1n) is 5.25. The fourth-order valence-electron chi connectivity index (χ4n) is 1.85. The highest BCUT2D eigenvalue weighted by atomic mass is 16.4. The molecule has 4 nitrogen and oxygen atoms in total. The standard InChI is InChI=1S/C10H17N3O/c11-6-9-7-13-10(14-9)5-8-3-1-2-4-12-8/h7-8,12H,1-6,11H2. The summed E-state index contributed by atoms with van der Waals surface area (Å²) in [6.45, 7) is 1.56. The van der Waals surface area contributed by atoms with Gasteiger partial charge in [0.2, 0.25) is 0 Å². The van der Waals surface area contributed by atoms with E-state index in [2.05, 4.69) is 10.3 Å². The number of hydrogen-bond donors (Lipinski definition) is 2. The summed E-state index contributed by atoms with van der Waals surface area (Å²) in [5, 5.41) is 3.46. The highest BCUT2D eigenvalue weighted by Crippen LogP contribution is 2.12. The fourth-order valence-corrected chi connectivity index (χ4v) is 1.85. The molecule has 1 atom stereocenters. The van der Waals surface area contributed by atoms with E-state index in [9.17, 15) is 0 Å². The van der Waals surface area contributed by atoms with Crippen LogP contribution in [-0.2, 0) is 13.0 Å². The minimum Gasteiger partial charge on any atom is -0.444 e. The molecule has 2 heterocycles. The molecule has 4 heteroatoms. The van der Waals surface area contributed by atoms with Crippen molar-refractivity contribution in [3.05, 3.63) is 17.8 Å². The van der Waals surface area contributed by atoms with E-state index >= 15 is 0 Å². The van der Waals surface area contributed by atoms with Crippen LogP contribution in [0.15, 0.2) is 10.6 Å². The van der Waals surface area contributed by atoms with E-state index in [4.69, 9.17) is 10.2 Å². The van der Waals surface area contributed by atoms with Gasteiger partial charge in [-0.1, -0.05) is 6.42 Å². The largest absolute Gasteiger partial charge is 0.444 e. The molecule has 1 aromatic heterocycles. The first-order chi connectivity index (χ1) is 6.88. The van der Waals surface area contributed by atoms with E-state index in [0.29, 0.717) is 12.6 Å². The van der Waals surface area contributed by atoms with Crippen molar-refractivity contribution in [3.63, 3.8) is 0 Å². The lowest BCUT2D eigenvalue weighted by molar-refractivity contribution is 0.360. The summed E-state index contributed by atoms with van der Waals surface area (Å²) in [5.74, 6) is 1.58. The lowest BCUT2D eigenvalue weighted by Crippen LogP contribution is -2.35. The number of oxazole rings is 1. The lowest BCUT2D eigenvalue weighted by Gasteiger charge is -2.21. The number of piperidine rings is 1. The van der Waals surface area contributed by atoms with E-state index in [1.54, 1.807) is 6.20 Å². The molecule has 0 aliphatic carbocycles. The monoisotopic (exact) mass is 195 g/mol. The summed E-state index contributed by atoms with van der Waals surface area (Å²) in [4.78, 5) is 4.19. The van der Waals surface area contributed by atoms with Gasteiger partial charge in [0.1, 0.15) is 5.76 Å². The van der Waals surface area contributed by atoms with E-state index < -0.39 is 0 Å². The van der Waals surface area contributed by atoms with Gasteiger partial charge >= 0.3 is 0 Å². The van der Waals surface area contributed by atoms with E-state index in [1.807, 2.05) is 0 Å². The molecule has 1 fully saturated rings. The third-order valence-corrected chi connectivity index (χ3v) is 2.64. The maximum Gasteiger partial charge on any atom is 0.195 e. The third kappa shape index (κ3) is 2.33. The van der Waals surface area contributed by atoms with Crippen LogP contribution >= 0.6 is 0 Å². The fraction of sp³-hybridized carbons (Fsp3) is 0.700. The number of nitrogens with two attached hydrogens (primary N) is 1. The number of nitrogens with zero attached hydrogens (tertiary/aromatic N) is 1. The minimum atomic E-state index is 0.436. The smallest absolute Gasteiger partial charge is 0.195 e. The lowest BCUT2D eigenvalue weighted by atomic mass is 10.0. The van der Waals surface area contributed by atoms with Gasteiger partial charge in [-0.3, -0.25) is 0 Å².